The maximum Gasteiger partial charge on any atom is 0.410 e. The summed E-state index contributed by atoms with van der Waals surface area (Å²) < 4.78 is 5.36. The lowest BCUT2D eigenvalue weighted by Crippen LogP contribution is -2.50. The van der Waals surface area contributed by atoms with Crippen LogP contribution in [0.25, 0.3) is 0 Å². The summed E-state index contributed by atoms with van der Waals surface area (Å²) in [6, 6.07) is 1.06. The molecule has 1 fully saturated rings. The average Bonchev–Trinajstić information content (AvgIpc) is 2.53. The van der Waals surface area contributed by atoms with Crippen molar-refractivity contribution in [3.8, 4) is 0 Å². The number of carbonyl (C=O) groups is 1. The van der Waals surface area contributed by atoms with E-state index in [0.717, 1.165) is 38.4 Å². The second-order valence-corrected chi connectivity index (χ2v) is 8.21. The summed E-state index contributed by atoms with van der Waals surface area (Å²) in [5, 5.41) is 6.83. The molecule has 1 saturated heterocycles. The van der Waals surface area contributed by atoms with E-state index in [1.165, 1.54) is 0 Å². The largest absolute Gasteiger partial charge is 0.444 e. The van der Waals surface area contributed by atoms with Gasteiger partial charge in [-0.05, 0) is 54.4 Å². The van der Waals surface area contributed by atoms with Gasteiger partial charge >= 0.3 is 6.09 Å². The van der Waals surface area contributed by atoms with Crippen LogP contribution in [0.5, 0.6) is 0 Å². The lowest BCUT2D eigenvalue weighted by molar-refractivity contribution is 0.0304. The maximum atomic E-state index is 12.0. The first kappa shape index (κ1) is 22.5. The summed E-state index contributed by atoms with van der Waals surface area (Å²) in [6.45, 7) is 16.3. The van der Waals surface area contributed by atoms with Gasteiger partial charge in [0.25, 0.3) is 0 Å². The Balaban J connectivity index is 2.45. The predicted molar refractivity (Wildman–Crippen MR) is 108 cm³/mol. The SMILES string of the molecule is CCNC(=NCCN(C)C(=O)OC(C)(C)C)NC1CCN(C(C)C)CC1. The van der Waals surface area contributed by atoms with Crippen LogP contribution >= 0.6 is 0 Å². The molecule has 0 atom stereocenters. The minimum absolute atomic E-state index is 0.313. The number of aliphatic imine (C=N–C) groups is 1. The van der Waals surface area contributed by atoms with Gasteiger partial charge in [0.2, 0.25) is 0 Å². The lowest BCUT2D eigenvalue weighted by Gasteiger charge is -2.35. The summed E-state index contributed by atoms with van der Waals surface area (Å²) in [4.78, 5) is 20.7. The van der Waals surface area contributed by atoms with Gasteiger partial charge in [-0.15, -0.1) is 0 Å². The summed E-state index contributed by atoms with van der Waals surface area (Å²) in [7, 11) is 1.74. The Morgan fingerprint density at radius 1 is 1.31 bits per heavy atom. The van der Waals surface area contributed by atoms with Gasteiger partial charge < -0.3 is 25.2 Å². The van der Waals surface area contributed by atoms with Crippen molar-refractivity contribution in [3.63, 3.8) is 0 Å². The molecule has 0 radical (unpaired) electrons. The molecule has 1 aliphatic heterocycles. The van der Waals surface area contributed by atoms with Gasteiger partial charge in [-0.2, -0.15) is 0 Å². The van der Waals surface area contributed by atoms with E-state index >= 15 is 0 Å². The molecule has 0 aromatic carbocycles. The molecule has 0 aromatic heterocycles. The van der Waals surface area contributed by atoms with Crippen LogP contribution < -0.4 is 10.6 Å². The summed E-state index contributed by atoms with van der Waals surface area (Å²) in [5.41, 5.74) is -0.476. The number of hydrogen-bond acceptors (Lipinski definition) is 4. The quantitative estimate of drug-likeness (QED) is 0.555. The number of likely N-dealkylation sites (N-methyl/N-ethyl adjacent to an activating group) is 1. The highest BCUT2D eigenvalue weighted by Crippen LogP contribution is 2.13. The van der Waals surface area contributed by atoms with E-state index in [-0.39, 0.29) is 6.09 Å². The lowest BCUT2D eigenvalue weighted by atomic mass is 10.0. The monoisotopic (exact) mass is 369 g/mol. The fraction of sp³-hybridized carbons (Fsp3) is 0.895. The highest BCUT2D eigenvalue weighted by atomic mass is 16.6. The third-order valence-electron chi connectivity index (χ3n) is 4.36. The fourth-order valence-corrected chi connectivity index (χ4v) is 2.82. The van der Waals surface area contributed by atoms with Crippen LogP contribution in [0.4, 0.5) is 4.79 Å². The Labute approximate surface area is 159 Å². The minimum Gasteiger partial charge on any atom is -0.444 e. The number of piperidine rings is 1. The van der Waals surface area contributed by atoms with Gasteiger partial charge in [0.1, 0.15) is 5.60 Å². The molecular formula is C19H39N5O2. The van der Waals surface area contributed by atoms with Gasteiger partial charge in [0, 0.05) is 45.3 Å². The first-order chi connectivity index (χ1) is 12.1. The molecule has 152 valence electrons. The molecule has 0 spiro atoms. The van der Waals surface area contributed by atoms with Gasteiger partial charge in [-0.3, -0.25) is 4.99 Å². The molecule has 2 N–H and O–H groups in total. The second kappa shape index (κ2) is 10.6. The van der Waals surface area contributed by atoms with E-state index in [9.17, 15) is 4.79 Å². The van der Waals surface area contributed by atoms with Gasteiger partial charge in [0.05, 0.1) is 6.54 Å². The zero-order valence-corrected chi connectivity index (χ0v) is 17.8. The average molecular weight is 370 g/mol. The molecule has 0 aromatic rings. The second-order valence-electron chi connectivity index (χ2n) is 8.21. The maximum absolute atomic E-state index is 12.0. The third kappa shape index (κ3) is 8.74. The van der Waals surface area contributed by atoms with Crippen molar-refractivity contribution >= 4 is 12.1 Å². The van der Waals surface area contributed by atoms with Crippen LogP contribution in [0, 0.1) is 0 Å². The minimum atomic E-state index is -0.476. The molecular weight excluding hydrogens is 330 g/mol. The molecule has 0 bridgehead atoms. The fourth-order valence-electron chi connectivity index (χ4n) is 2.82. The zero-order chi connectivity index (χ0) is 19.7. The van der Waals surface area contributed by atoms with Gasteiger partial charge in [-0.1, -0.05) is 0 Å². The number of rotatable bonds is 6. The molecule has 7 heteroatoms. The Morgan fingerprint density at radius 3 is 2.42 bits per heavy atom. The van der Waals surface area contributed by atoms with E-state index in [4.69, 9.17) is 4.74 Å². The van der Waals surface area contributed by atoms with Gasteiger partial charge in [-0.25, -0.2) is 4.79 Å². The van der Waals surface area contributed by atoms with Crippen LogP contribution in [0.15, 0.2) is 4.99 Å². The zero-order valence-electron chi connectivity index (χ0n) is 17.8. The molecule has 26 heavy (non-hydrogen) atoms. The van der Waals surface area contributed by atoms with Crippen molar-refractivity contribution in [2.45, 2.75) is 72.1 Å². The number of likely N-dealkylation sites (tertiary alicyclic amines) is 1. The molecule has 1 heterocycles. The Bertz CT molecular complexity index is 451. The number of ether oxygens (including phenoxy) is 1. The topological polar surface area (TPSA) is 69.2 Å². The molecule has 1 rings (SSSR count). The Morgan fingerprint density at radius 2 is 1.92 bits per heavy atom. The highest BCUT2D eigenvalue weighted by Gasteiger charge is 2.22. The van der Waals surface area contributed by atoms with Crippen LogP contribution in [0.2, 0.25) is 0 Å². The van der Waals surface area contributed by atoms with Crippen LogP contribution in [0.3, 0.4) is 0 Å². The van der Waals surface area contributed by atoms with E-state index in [1.54, 1.807) is 11.9 Å². The smallest absolute Gasteiger partial charge is 0.410 e. The van der Waals surface area contributed by atoms with Crippen LogP contribution in [-0.4, -0.2) is 79.3 Å². The van der Waals surface area contributed by atoms with Crippen molar-refractivity contribution in [3.05, 3.63) is 0 Å². The molecule has 1 aliphatic rings. The number of carbonyl (C=O) groups excluding carboxylic acids is 1. The van der Waals surface area contributed by atoms with Crippen molar-refractivity contribution in [1.82, 2.24) is 20.4 Å². The van der Waals surface area contributed by atoms with Crippen LogP contribution in [0.1, 0.15) is 54.4 Å². The van der Waals surface area contributed by atoms with E-state index in [2.05, 4.69) is 41.3 Å². The normalized spacial score (nSPS) is 17.3. The van der Waals surface area contributed by atoms with E-state index < -0.39 is 5.60 Å². The van der Waals surface area contributed by atoms with Crippen molar-refractivity contribution < 1.29 is 9.53 Å². The number of hydrogen-bond donors (Lipinski definition) is 2. The van der Waals surface area contributed by atoms with Crippen molar-refractivity contribution in [2.75, 3.05) is 39.8 Å². The number of amides is 1. The van der Waals surface area contributed by atoms with E-state index in [0.29, 0.717) is 25.2 Å². The third-order valence-corrected chi connectivity index (χ3v) is 4.36. The Kier molecular flexibility index (Phi) is 9.19. The van der Waals surface area contributed by atoms with Crippen molar-refractivity contribution in [1.29, 1.82) is 0 Å². The first-order valence-corrected chi connectivity index (χ1v) is 9.85. The summed E-state index contributed by atoms with van der Waals surface area (Å²) in [5.74, 6) is 0.827. The molecule has 7 nitrogen and oxygen atoms in total. The van der Waals surface area contributed by atoms with Gasteiger partial charge in [0.15, 0.2) is 5.96 Å². The summed E-state index contributed by atoms with van der Waals surface area (Å²) in [6.07, 6.45) is 1.94. The molecule has 1 amide bonds. The number of nitrogens with zero attached hydrogens (tertiary/aromatic N) is 3. The summed E-state index contributed by atoms with van der Waals surface area (Å²) >= 11 is 0. The van der Waals surface area contributed by atoms with Crippen molar-refractivity contribution in [2.24, 2.45) is 4.99 Å². The predicted octanol–water partition coefficient (Wildman–Crippen LogP) is 2.28. The van der Waals surface area contributed by atoms with Crippen LogP contribution in [-0.2, 0) is 4.74 Å². The van der Waals surface area contributed by atoms with E-state index in [1.807, 2.05) is 20.8 Å². The Hall–Kier alpha value is -1.50. The highest BCUT2D eigenvalue weighted by molar-refractivity contribution is 5.80. The molecule has 0 aliphatic carbocycles. The number of nitrogens with one attached hydrogen (secondary N) is 2. The number of guanidine groups is 1. The standard InChI is InChI=1S/C19H39N5O2/c1-8-20-17(22-16-9-12-24(13-10-16)15(2)3)21-11-14-23(7)18(25)26-19(4,5)6/h15-16H,8-14H2,1-7H3,(H2,20,21,22). The molecule has 0 unspecified atom stereocenters. The molecule has 0 saturated carbocycles. The first-order valence-electron chi connectivity index (χ1n) is 9.85.